The number of fused-ring (bicyclic) bond motifs is 6. The van der Waals surface area contributed by atoms with Crippen molar-refractivity contribution in [3.8, 4) is 56.1 Å². The fourth-order valence-corrected chi connectivity index (χ4v) is 8.43. The van der Waals surface area contributed by atoms with E-state index >= 15 is 0 Å². The molecule has 0 aliphatic heterocycles. The largest absolute Gasteiger partial charge is 0.309 e. The lowest BCUT2D eigenvalue weighted by atomic mass is 10.00. The molecule has 0 amide bonds. The third kappa shape index (κ3) is 5.32. The Hall–Kier alpha value is -7.49. The van der Waals surface area contributed by atoms with Gasteiger partial charge in [-0.2, -0.15) is 0 Å². The van der Waals surface area contributed by atoms with Crippen molar-refractivity contribution in [1.82, 2.24) is 14.1 Å². The number of benzene rings is 8. The molecule has 0 N–H and O–H groups in total. The van der Waals surface area contributed by atoms with Crippen LogP contribution in [0.5, 0.6) is 0 Å². The van der Waals surface area contributed by atoms with Crippen LogP contribution >= 0.6 is 0 Å². The van der Waals surface area contributed by atoms with Gasteiger partial charge in [0.2, 0.25) is 0 Å². The van der Waals surface area contributed by atoms with Gasteiger partial charge in [-0.3, -0.25) is 0 Å². The van der Waals surface area contributed by atoms with Crippen molar-refractivity contribution >= 4 is 43.6 Å². The van der Waals surface area contributed by atoms with Crippen LogP contribution in [-0.4, -0.2) is 14.1 Å². The van der Waals surface area contributed by atoms with E-state index in [1.807, 2.05) is 0 Å². The minimum Gasteiger partial charge on any atom is -0.309 e. The zero-order valence-corrected chi connectivity index (χ0v) is 30.5. The van der Waals surface area contributed by atoms with Crippen molar-refractivity contribution in [3.63, 3.8) is 0 Å². The van der Waals surface area contributed by atoms with E-state index in [0.29, 0.717) is 0 Å². The Morgan fingerprint density at radius 2 is 0.607 bits per heavy atom. The van der Waals surface area contributed by atoms with Gasteiger partial charge in [0.15, 0.2) is 0 Å². The SMILES string of the molecule is c1ccc(-n2c3ccccc3c3ccc(-c4ccc(-c5cccc(-c6ccc(-c7ccc8c9ccccc9n(-c9ccccc9)c8c7)cc6)n5)cc4)cc32)cc1. The summed E-state index contributed by atoms with van der Waals surface area (Å²) in [4.78, 5) is 5.13. The van der Waals surface area contributed by atoms with E-state index in [2.05, 4.69) is 221 Å². The Kier molecular flexibility index (Phi) is 7.49. The highest BCUT2D eigenvalue weighted by molar-refractivity contribution is 6.11. The van der Waals surface area contributed by atoms with Gasteiger partial charge in [-0.25, -0.2) is 4.98 Å². The lowest BCUT2D eigenvalue weighted by molar-refractivity contribution is 1.18. The summed E-state index contributed by atoms with van der Waals surface area (Å²) in [6.07, 6.45) is 0. The normalized spacial score (nSPS) is 11.6. The summed E-state index contributed by atoms with van der Waals surface area (Å²) >= 11 is 0. The summed E-state index contributed by atoms with van der Waals surface area (Å²) < 4.78 is 4.74. The predicted octanol–water partition coefficient (Wildman–Crippen LogP) is 13.9. The minimum atomic E-state index is 0.956. The third-order valence-corrected chi connectivity index (χ3v) is 11.2. The number of hydrogen-bond acceptors (Lipinski definition) is 1. The first kappa shape index (κ1) is 32.0. The lowest BCUT2D eigenvalue weighted by Gasteiger charge is -2.10. The van der Waals surface area contributed by atoms with Gasteiger partial charge in [0.05, 0.1) is 33.5 Å². The van der Waals surface area contributed by atoms with E-state index in [1.165, 1.54) is 65.9 Å². The highest BCUT2D eigenvalue weighted by Gasteiger charge is 2.15. The Bertz CT molecular complexity index is 2990. The average Bonchev–Trinajstić information content (AvgIpc) is 3.79. The van der Waals surface area contributed by atoms with Gasteiger partial charge < -0.3 is 9.13 Å². The van der Waals surface area contributed by atoms with Crippen molar-refractivity contribution in [2.75, 3.05) is 0 Å². The summed E-state index contributed by atoms with van der Waals surface area (Å²) in [6, 6.07) is 76.1. The lowest BCUT2D eigenvalue weighted by Crippen LogP contribution is -1.93. The highest BCUT2D eigenvalue weighted by atomic mass is 15.0. The molecule has 3 nitrogen and oxygen atoms in total. The second-order valence-corrected chi connectivity index (χ2v) is 14.4. The molecule has 0 radical (unpaired) electrons. The molecule has 0 saturated carbocycles. The van der Waals surface area contributed by atoms with Crippen LogP contribution in [0, 0.1) is 0 Å². The third-order valence-electron chi connectivity index (χ3n) is 11.2. The van der Waals surface area contributed by atoms with Crippen molar-refractivity contribution in [1.29, 1.82) is 0 Å². The van der Waals surface area contributed by atoms with Gasteiger partial charge >= 0.3 is 0 Å². The maximum atomic E-state index is 5.13. The van der Waals surface area contributed by atoms with E-state index in [4.69, 9.17) is 4.98 Å². The number of nitrogens with zero attached hydrogens (tertiary/aromatic N) is 3. The first-order valence-corrected chi connectivity index (χ1v) is 19.1. The van der Waals surface area contributed by atoms with Gasteiger partial charge in [-0.1, -0.05) is 152 Å². The first-order valence-electron chi connectivity index (χ1n) is 19.1. The topological polar surface area (TPSA) is 22.8 Å². The quantitative estimate of drug-likeness (QED) is 0.168. The highest BCUT2D eigenvalue weighted by Crippen LogP contribution is 2.37. The Morgan fingerprint density at radius 1 is 0.250 bits per heavy atom. The molecule has 0 atom stereocenters. The van der Waals surface area contributed by atoms with E-state index in [-0.39, 0.29) is 0 Å². The van der Waals surface area contributed by atoms with Crippen LogP contribution in [-0.2, 0) is 0 Å². The van der Waals surface area contributed by atoms with Crippen LogP contribution in [0.4, 0.5) is 0 Å². The molecule has 0 unspecified atom stereocenters. The van der Waals surface area contributed by atoms with Crippen molar-refractivity contribution in [2.24, 2.45) is 0 Å². The van der Waals surface area contributed by atoms with Gasteiger partial charge in [-0.15, -0.1) is 0 Å². The molecule has 3 heterocycles. The summed E-state index contributed by atoms with van der Waals surface area (Å²) in [6.45, 7) is 0. The summed E-state index contributed by atoms with van der Waals surface area (Å²) in [5.74, 6) is 0. The molecule has 8 aromatic carbocycles. The average molecular weight is 714 g/mol. The van der Waals surface area contributed by atoms with Crippen LogP contribution < -0.4 is 0 Å². The van der Waals surface area contributed by atoms with Crippen molar-refractivity contribution in [2.45, 2.75) is 0 Å². The number of hydrogen-bond donors (Lipinski definition) is 0. The standard InChI is InChI=1S/C53H35N3/c1-3-12-42(13-4-1)55-50-20-9-7-16-44(50)46-32-30-40(34-52(46)55)36-22-26-38(27-23-36)48-18-11-19-49(54-48)39-28-24-37(25-29-39)41-31-33-47-45-17-8-10-21-51(45)56(53(47)35-41)43-14-5-2-6-15-43/h1-35H. The molecule has 0 aliphatic carbocycles. The Balaban J connectivity index is 0.893. The summed E-state index contributed by atoms with van der Waals surface area (Å²) in [5.41, 5.74) is 16.0. The smallest absolute Gasteiger partial charge is 0.0709 e. The van der Waals surface area contributed by atoms with Gasteiger partial charge in [0, 0.05) is 44.0 Å². The first-order chi connectivity index (χ1) is 27.8. The van der Waals surface area contributed by atoms with Crippen LogP contribution in [0.15, 0.2) is 212 Å². The Labute approximate surface area is 325 Å². The minimum absolute atomic E-state index is 0.956. The molecular weight excluding hydrogens is 679 g/mol. The van der Waals surface area contributed by atoms with E-state index in [0.717, 1.165) is 33.9 Å². The van der Waals surface area contributed by atoms with Crippen LogP contribution in [0.25, 0.3) is 99.8 Å². The maximum absolute atomic E-state index is 5.13. The van der Waals surface area contributed by atoms with Crippen LogP contribution in [0.1, 0.15) is 0 Å². The molecule has 0 fully saturated rings. The number of pyridine rings is 1. The molecule has 0 saturated heterocycles. The second-order valence-electron chi connectivity index (χ2n) is 14.4. The van der Waals surface area contributed by atoms with Gasteiger partial charge in [0.1, 0.15) is 0 Å². The zero-order chi connectivity index (χ0) is 37.0. The molecule has 3 heteroatoms. The van der Waals surface area contributed by atoms with Crippen LogP contribution in [0.2, 0.25) is 0 Å². The summed E-state index contributed by atoms with van der Waals surface area (Å²) in [5, 5.41) is 5.04. The van der Waals surface area contributed by atoms with Crippen molar-refractivity contribution < 1.29 is 0 Å². The second kappa shape index (κ2) is 13.1. The Morgan fingerprint density at radius 3 is 1.05 bits per heavy atom. The van der Waals surface area contributed by atoms with E-state index < -0.39 is 0 Å². The molecular formula is C53H35N3. The monoisotopic (exact) mass is 713 g/mol. The number of rotatable bonds is 6. The molecule has 0 aliphatic rings. The van der Waals surface area contributed by atoms with Gasteiger partial charge in [-0.05, 0) is 82.9 Å². The molecule has 262 valence electrons. The zero-order valence-electron chi connectivity index (χ0n) is 30.5. The van der Waals surface area contributed by atoms with Crippen LogP contribution in [0.3, 0.4) is 0 Å². The van der Waals surface area contributed by atoms with Crippen molar-refractivity contribution in [3.05, 3.63) is 212 Å². The molecule has 56 heavy (non-hydrogen) atoms. The molecule has 3 aromatic heterocycles. The van der Waals surface area contributed by atoms with E-state index in [9.17, 15) is 0 Å². The van der Waals surface area contributed by atoms with Gasteiger partial charge in [0.25, 0.3) is 0 Å². The number of aromatic nitrogens is 3. The summed E-state index contributed by atoms with van der Waals surface area (Å²) in [7, 11) is 0. The molecule has 11 rings (SSSR count). The predicted molar refractivity (Wildman–Crippen MR) is 235 cm³/mol. The fourth-order valence-electron chi connectivity index (χ4n) is 8.43. The maximum Gasteiger partial charge on any atom is 0.0709 e. The molecule has 0 bridgehead atoms. The molecule has 11 aromatic rings. The number of para-hydroxylation sites is 4. The fraction of sp³-hybridized carbons (Fsp3) is 0. The van der Waals surface area contributed by atoms with E-state index in [1.54, 1.807) is 0 Å². The molecule has 0 spiro atoms.